The number of nitrogens with one attached hydrogen (secondary N) is 1. The van der Waals surface area contributed by atoms with E-state index in [9.17, 15) is 0 Å². The molecule has 0 bridgehead atoms. The van der Waals surface area contributed by atoms with Crippen LogP contribution in [0.25, 0.3) is 0 Å². The average Bonchev–Trinajstić information content (AvgIpc) is 2.88. The molecule has 1 heterocycles. The van der Waals surface area contributed by atoms with Gasteiger partial charge in [-0.15, -0.1) is 11.3 Å². The van der Waals surface area contributed by atoms with Crippen molar-refractivity contribution >= 4 is 11.3 Å². The van der Waals surface area contributed by atoms with E-state index < -0.39 is 0 Å². The van der Waals surface area contributed by atoms with E-state index in [4.69, 9.17) is 4.74 Å². The molecule has 108 valence electrons. The highest BCUT2D eigenvalue weighted by Gasteiger charge is 2.14. The van der Waals surface area contributed by atoms with Gasteiger partial charge < -0.3 is 10.1 Å². The lowest BCUT2D eigenvalue weighted by Crippen LogP contribution is -2.24. The predicted molar refractivity (Wildman–Crippen MR) is 84.6 cm³/mol. The molecule has 4 heteroatoms. The zero-order valence-corrected chi connectivity index (χ0v) is 13.2. The zero-order valence-electron chi connectivity index (χ0n) is 12.3. The molecule has 3 nitrogen and oxygen atoms in total. The summed E-state index contributed by atoms with van der Waals surface area (Å²) in [6.07, 6.45) is 2.04. The third-order valence-electron chi connectivity index (χ3n) is 3.18. The molecule has 0 saturated heterocycles. The number of ether oxygens (including phenoxy) is 1. The topological polar surface area (TPSA) is 34.2 Å². The highest BCUT2D eigenvalue weighted by Crippen LogP contribution is 2.24. The Morgan fingerprint density at radius 1 is 1.40 bits per heavy atom. The number of aryl methyl sites for hydroxylation is 1. The maximum absolute atomic E-state index is 5.32. The van der Waals surface area contributed by atoms with Crippen LogP contribution >= 0.6 is 11.3 Å². The Morgan fingerprint density at radius 2 is 2.25 bits per heavy atom. The Balaban J connectivity index is 2.17. The second-order valence-electron chi connectivity index (χ2n) is 4.87. The Labute approximate surface area is 125 Å². The van der Waals surface area contributed by atoms with E-state index in [0.29, 0.717) is 0 Å². The lowest BCUT2D eigenvalue weighted by molar-refractivity contribution is 0.412. The van der Waals surface area contributed by atoms with Gasteiger partial charge in [0.2, 0.25) is 0 Å². The van der Waals surface area contributed by atoms with Crippen molar-refractivity contribution in [2.75, 3.05) is 13.7 Å². The minimum Gasteiger partial charge on any atom is -0.497 e. The molecule has 0 aliphatic heterocycles. The van der Waals surface area contributed by atoms with Crippen LogP contribution in [0.2, 0.25) is 0 Å². The molecule has 0 fully saturated rings. The molecule has 0 saturated carbocycles. The van der Waals surface area contributed by atoms with Gasteiger partial charge in [-0.3, -0.25) is 0 Å². The van der Waals surface area contributed by atoms with E-state index >= 15 is 0 Å². The zero-order chi connectivity index (χ0) is 14.4. The van der Waals surface area contributed by atoms with Crippen molar-refractivity contribution in [3.05, 3.63) is 45.9 Å². The number of methoxy groups -OCH3 is 1. The van der Waals surface area contributed by atoms with Crippen molar-refractivity contribution in [3.8, 4) is 5.75 Å². The lowest BCUT2D eigenvalue weighted by Gasteiger charge is -2.18. The number of hydrogen-bond donors (Lipinski definition) is 1. The van der Waals surface area contributed by atoms with Gasteiger partial charge in [0, 0.05) is 23.5 Å². The van der Waals surface area contributed by atoms with Gasteiger partial charge in [0.05, 0.1) is 12.1 Å². The van der Waals surface area contributed by atoms with E-state index in [1.54, 1.807) is 18.4 Å². The van der Waals surface area contributed by atoms with Gasteiger partial charge in [-0.2, -0.15) is 0 Å². The monoisotopic (exact) mass is 290 g/mol. The Kier molecular flexibility index (Phi) is 5.56. The summed E-state index contributed by atoms with van der Waals surface area (Å²) < 4.78 is 5.32. The summed E-state index contributed by atoms with van der Waals surface area (Å²) in [6.45, 7) is 5.23. The fourth-order valence-electron chi connectivity index (χ4n) is 2.16. The first-order chi connectivity index (χ1) is 9.72. The molecule has 0 aliphatic carbocycles. The highest BCUT2D eigenvalue weighted by atomic mass is 32.1. The molecule has 1 aromatic heterocycles. The summed E-state index contributed by atoms with van der Waals surface area (Å²) in [4.78, 5) is 4.57. The first-order valence-electron chi connectivity index (χ1n) is 7.01. The molecule has 2 rings (SSSR count). The Bertz CT molecular complexity index is 539. The van der Waals surface area contributed by atoms with Gasteiger partial charge in [-0.25, -0.2) is 4.98 Å². The normalized spacial score (nSPS) is 12.3. The number of nitrogens with zero attached hydrogens (tertiary/aromatic N) is 1. The molecule has 0 spiro atoms. The Morgan fingerprint density at radius 3 is 2.90 bits per heavy atom. The SMILES string of the molecule is CCCNC(Cc1nc(C)cs1)c1cccc(OC)c1. The van der Waals surface area contributed by atoms with Gasteiger partial charge in [0.15, 0.2) is 0 Å². The lowest BCUT2D eigenvalue weighted by atomic mass is 10.0. The van der Waals surface area contributed by atoms with Gasteiger partial charge >= 0.3 is 0 Å². The van der Waals surface area contributed by atoms with Crippen LogP contribution in [-0.4, -0.2) is 18.6 Å². The van der Waals surface area contributed by atoms with Crippen molar-refractivity contribution in [3.63, 3.8) is 0 Å². The van der Waals surface area contributed by atoms with Crippen LogP contribution in [0.5, 0.6) is 5.75 Å². The van der Waals surface area contributed by atoms with Crippen molar-refractivity contribution < 1.29 is 4.74 Å². The molecule has 1 N–H and O–H groups in total. The van der Waals surface area contributed by atoms with Gasteiger partial charge in [0.25, 0.3) is 0 Å². The van der Waals surface area contributed by atoms with E-state index in [1.165, 1.54) is 10.6 Å². The van der Waals surface area contributed by atoms with Gasteiger partial charge in [-0.1, -0.05) is 19.1 Å². The second-order valence-corrected chi connectivity index (χ2v) is 5.81. The van der Waals surface area contributed by atoms with Gasteiger partial charge in [0.1, 0.15) is 5.75 Å². The van der Waals surface area contributed by atoms with Crippen molar-refractivity contribution in [2.24, 2.45) is 0 Å². The molecule has 1 aromatic carbocycles. The smallest absolute Gasteiger partial charge is 0.119 e. The molecule has 0 amide bonds. The van der Waals surface area contributed by atoms with Crippen molar-refractivity contribution in [1.29, 1.82) is 0 Å². The average molecular weight is 290 g/mol. The van der Waals surface area contributed by atoms with Crippen LogP contribution in [0.15, 0.2) is 29.6 Å². The number of aromatic nitrogens is 1. The van der Waals surface area contributed by atoms with E-state index in [0.717, 1.165) is 30.8 Å². The molecule has 20 heavy (non-hydrogen) atoms. The third-order valence-corrected chi connectivity index (χ3v) is 4.17. The Hall–Kier alpha value is -1.39. The van der Waals surface area contributed by atoms with E-state index in [1.807, 2.05) is 19.1 Å². The maximum Gasteiger partial charge on any atom is 0.119 e. The van der Waals surface area contributed by atoms with Crippen LogP contribution in [0.3, 0.4) is 0 Å². The predicted octanol–water partition coefficient (Wildman–Crippen LogP) is 3.74. The van der Waals surface area contributed by atoms with E-state index in [-0.39, 0.29) is 6.04 Å². The van der Waals surface area contributed by atoms with E-state index in [2.05, 4.69) is 34.7 Å². The van der Waals surface area contributed by atoms with Crippen LogP contribution in [-0.2, 0) is 6.42 Å². The molecule has 0 radical (unpaired) electrons. The maximum atomic E-state index is 5.32. The number of rotatable bonds is 7. The quantitative estimate of drug-likeness (QED) is 0.843. The fraction of sp³-hybridized carbons (Fsp3) is 0.438. The number of benzene rings is 1. The summed E-state index contributed by atoms with van der Waals surface area (Å²) in [6, 6.07) is 8.57. The van der Waals surface area contributed by atoms with Crippen molar-refractivity contribution in [1.82, 2.24) is 10.3 Å². The molecular weight excluding hydrogens is 268 g/mol. The van der Waals surface area contributed by atoms with Crippen LogP contribution in [0, 0.1) is 6.92 Å². The molecular formula is C16H22N2OS. The summed E-state index contributed by atoms with van der Waals surface area (Å²) in [5.41, 5.74) is 2.36. The molecule has 1 atom stereocenters. The number of hydrogen-bond acceptors (Lipinski definition) is 4. The standard InChI is InChI=1S/C16H22N2OS/c1-4-8-17-15(10-16-18-12(2)11-20-16)13-6-5-7-14(9-13)19-3/h5-7,9,11,15,17H,4,8,10H2,1-3H3. The summed E-state index contributed by atoms with van der Waals surface area (Å²) >= 11 is 1.73. The summed E-state index contributed by atoms with van der Waals surface area (Å²) in [7, 11) is 1.71. The van der Waals surface area contributed by atoms with Crippen LogP contribution in [0.4, 0.5) is 0 Å². The largest absolute Gasteiger partial charge is 0.497 e. The summed E-state index contributed by atoms with van der Waals surface area (Å²) in [5.74, 6) is 0.904. The first kappa shape index (κ1) is 15.0. The minimum atomic E-state index is 0.288. The number of thiazole rings is 1. The first-order valence-corrected chi connectivity index (χ1v) is 7.89. The minimum absolute atomic E-state index is 0.288. The highest BCUT2D eigenvalue weighted by molar-refractivity contribution is 7.09. The van der Waals surface area contributed by atoms with Crippen LogP contribution < -0.4 is 10.1 Å². The van der Waals surface area contributed by atoms with Gasteiger partial charge in [-0.05, 0) is 37.6 Å². The molecule has 1 unspecified atom stereocenters. The van der Waals surface area contributed by atoms with Crippen LogP contribution in [0.1, 0.15) is 35.7 Å². The molecule has 0 aliphatic rings. The summed E-state index contributed by atoms with van der Waals surface area (Å²) in [5, 5.41) is 6.89. The second kappa shape index (κ2) is 7.41. The molecule has 2 aromatic rings. The van der Waals surface area contributed by atoms with Crippen molar-refractivity contribution in [2.45, 2.75) is 32.7 Å². The fourth-order valence-corrected chi connectivity index (χ4v) is 2.97. The third kappa shape index (κ3) is 4.05.